The zero-order valence-electron chi connectivity index (χ0n) is 15.9. The number of rotatable bonds is 5. The Kier molecular flexibility index (Phi) is 6.31. The lowest BCUT2D eigenvalue weighted by molar-refractivity contribution is -0.114. The van der Waals surface area contributed by atoms with Gasteiger partial charge in [0.1, 0.15) is 5.82 Å². The summed E-state index contributed by atoms with van der Waals surface area (Å²) in [5, 5.41) is 6.39. The summed E-state index contributed by atoms with van der Waals surface area (Å²) in [5.74, 6) is 0.0702. The zero-order chi connectivity index (χ0) is 20.1. The Labute approximate surface area is 169 Å². The quantitative estimate of drug-likeness (QED) is 0.717. The van der Waals surface area contributed by atoms with Crippen molar-refractivity contribution in [2.75, 3.05) is 11.9 Å². The molecule has 1 saturated carbocycles. The molecule has 6 nitrogen and oxygen atoms in total. The first-order chi connectivity index (χ1) is 13.4. The van der Waals surface area contributed by atoms with E-state index in [1.807, 2.05) is 18.2 Å². The van der Waals surface area contributed by atoms with Crippen LogP contribution in [-0.4, -0.2) is 29.4 Å². The fourth-order valence-electron chi connectivity index (χ4n) is 3.79. The first-order valence-corrected chi connectivity index (χ1v) is 9.80. The molecule has 1 aliphatic carbocycles. The normalized spacial score (nSPS) is 21.8. The highest BCUT2D eigenvalue weighted by molar-refractivity contribution is 6.30. The van der Waals surface area contributed by atoms with Crippen molar-refractivity contribution in [3.05, 3.63) is 58.7 Å². The molecule has 1 aliphatic rings. The summed E-state index contributed by atoms with van der Waals surface area (Å²) in [4.78, 5) is 27.7. The van der Waals surface area contributed by atoms with Crippen molar-refractivity contribution in [2.45, 2.75) is 44.1 Å². The number of halogens is 1. The molecule has 1 heterocycles. The van der Waals surface area contributed by atoms with Crippen molar-refractivity contribution in [1.82, 2.24) is 10.3 Å². The monoisotopic (exact) mass is 400 g/mol. The molecule has 0 aliphatic heterocycles. The minimum atomic E-state index is -0.199. The van der Waals surface area contributed by atoms with Gasteiger partial charge in [0.05, 0.1) is 5.56 Å². The number of hydrogen-bond acceptors (Lipinski definition) is 4. The Bertz CT molecular complexity index is 846. The van der Waals surface area contributed by atoms with E-state index in [1.165, 1.54) is 18.7 Å². The third-order valence-electron chi connectivity index (χ3n) is 5.44. The Morgan fingerprint density at radius 3 is 2.57 bits per heavy atom. The number of amides is 2. The number of anilines is 1. The highest BCUT2D eigenvalue weighted by Gasteiger charge is 2.36. The van der Waals surface area contributed by atoms with E-state index in [2.05, 4.69) is 21.7 Å². The highest BCUT2D eigenvalue weighted by atomic mass is 35.5. The van der Waals surface area contributed by atoms with Crippen molar-refractivity contribution >= 4 is 29.2 Å². The number of nitrogens with zero attached hydrogens (tertiary/aromatic N) is 1. The maximum atomic E-state index is 12.5. The fourth-order valence-corrected chi connectivity index (χ4v) is 3.99. The molecule has 0 unspecified atom stereocenters. The van der Waals surface area contributed by atoms with Crippen molar-refractivity contribution in [3.63, 3.8) is 0 Å². The van der Waals surface area contributed by atoms with Gasteiger partial charge < -0.3 is 16.4 Å². The first-order valence-electron chi connectivity index (χ1n) is 9.42. The van der Waals surface area contributed by atoms with Crippen LogP contribution in [0.25, 0.3) is 0 Å². The zero-order valence-corrected chi connectivity index (χ0v) is 16.6. The molecule has 7 heteroatoms. The molecule has 0 atom stereocenters. The second kappa shape index (κ2) is 8.71. The number of nitrogens with one attached hydrogen (secondary N) is 2. The summed E-state index contributed by atoms with van der Waals surface area (Å²) < 4.78 is 0. The topological polar surface area (TPSA) is 97.1 Å². The van der Waals surface area contributed by atoms with Crippen molar-refractivity contribution in [3.8, 4) is 0 Å². The number of nitrogens with two attached hydrogens (primary N) is 1. The molecule has 0 radical (unpaired) electrons. The lowest BCUT2D eigenvalue weighted by Gasteiger charge is -2.40. The Hall–Kier alpha value is -2.44. The van der Waals surface area contributed by atoms with Crippen LogP contribution >= 0.6 is 11.6 Å². The fraction of sp³-hybridized carbons (Fsp3) is 0.381. The molecule has 148 valence electrons. The number of aromatic nitrogens is 1. The lowest BCUT2D eigenvalue weighted by atomic mass is 9.68. The van der Waals surface area contributed by atoms with E-state index in [0.717, 1.165) is 30.7 Å². The second-order valence-corrected chi connectivity index (χ2v) is 7.79. The van der Waals surface area contributed by atoms with E-state index in [0.29, 0.717) is 17.9 Å². The van der Waals surface area contributed by atoms with E-state index in [4.69, 9.17) is 17.3 Å². The van der Waals surface area contributed by atoms with Crippen molar-refractivity contribution in [2.24, 2.45) is 5.73 Å². The maximum Gasteiger partial charge on any atom is 0.253 e. The number of pyridine rings is 1. The SMILES string of the molecule is CC(=O)Nc1ccc(C(=O)N[C@H]2CC[C@](CN)(c3cccc(Cl)c3)CC2)cn1. The Morgan fingerprint density at radius 2 is 2.00 bits per heavy atom. The van der Waals surface area contributed by atoms with Crippen molar-refractivity contribution < 1.29 is 9.59 Å². The molecular formula is C21H25ClN4O2. The van der Waals surface area contributed by atoms with E-state index in [9.17, 15) is 9.59 Å². The predicted octanol–water partition coefficient (Wildman–Crippen LogP) is 3.26. The molecule has 3 rings (SSSR count). The van der Waals surface area contributed by atoms with Crippen LogP contribution in [0.4, 0.5) is 5.82 Å². The van der Waals surface area contributed by atoms with Gasteiger partial charge in [0.2, 0.25) is 5.91 Å². The third kappa shape index (κ3) is 4.69. The van der Waals surface area contributed by atoms with Crippen LogP contribution in [0, 0.1) is 0 Å². The van der Waals surface area contributed by atoms with Crippen LogP contribution < -0.4 is 16.4 Å². The Morgan fingerprint density at radius 1 is 1.25 bits per heavy atom. The first kappa shape index (κ1) is 20.3. The van der Waals surface area contributed by atoms with Gasteiger partial charge in [-0.2, -0.15) is 0 Å². The number of benzene rings is 1. The number of hydrogen-bond donors (Lipinski definition) is 3. The maximum absolute atomic E-state index is 12.5. The molecular weight excluding hydrogens is 376 g/mol. The Balaban J connectivity index is 1.60. The average Bonchev–Trinajstić information content (AvgIpc) is 2.69. The highest BCUT2D eigenvalue weighted by Crippen LogP contribution is 2.39. The number of carbonyl (C=O) groups is 2. The van der Waals surface area contributed by atoms with E-state index in [-0.39, 0.29) is 23.3 Å². The van der Waals surface area contributed by atoms with Crippen LogP contribution in [0.2, 0.25) is 5.02 Å². The summed E-state index contributed by atoms with van der Waals surface area (Å²) in [7, 11) is 0. The minimum absolute atomic E-state index is 0.0896. The molecule has 28 heavy (non-hydrogen) atoms. The van der Waals surface area contributed by atoms with Crippen LogP contribution in [0.3, 0.4) is 0 Å². The van der Waals surface area contributed by atoms with Crippen LogP contribution in [0.1, 0.15) is 48.5 Å². The molecule has 2 aromatic rings. The third-order valence-corrected chi connectivity index (χ3v) is 5.67. The summed E-state index contributed by atoms with van der Waals surface area (Å²) in [6.45, 7) is 1.97. The van der Waals surface area contributed by atoms with Crippen LogP contribution in [-0.2, 0) is 10.2 Å². The van der Waals surface area contributed by atoms with Crippen molar-refractivity contribution in [1.29, 1.82) is 0 Å². The summed E-state index contributed by atoms with van der Waals surface area (Å²) in [5.41, 5.74) is 7.69. The average molecular weight is 401 g/mol. The molecule has 0 bridgehead atoms. The van der Waals surface area contributed by atoms with E-state index in [1.54, 1.807) is 12.1 Å². The predicted molar refractivity (Wildman–Crippen MR) is 110 cm³/mol. The summed E-state index contributed by atoms with van der Waals surface area (Å²) in [6.07, 6.45) is 4.97. The molecule has 1 aromatic carbocycles. The molecule has 1 fully saturated rings. The van der Waals surface area contributed by atoms with Gasteiger partial charge in [0, 0.05) is 36.1 Å². The second-order valence-electron chi connectivity index (χ2n) is 7.36. The standard InChI is InChI=1S/C21H25ClN4O2/c1-14(27)25-19-6-5-15(12-24-19)20(28)26-18-7-9-21(13-23,10-8-18)16-3-2-4-17(22)11-16/h2-6,11-12,18H,7-10,13,23H2,1H3,(H,26,28)(H,24,25,27)/t18-,21-. The van der Waals surface area contributed by atoms with Crippen LogP contribution in [0.5, 0.6) is 0 Å². The molecule has 4 N–H and O–H groups in total. The number of carbonyl (C=O) groups excluding carboxylic acids is 2. The van der Waals surface area contributed by atoms with Gasteiger partial charge in [0.25, 0.3) is 5.91 Å². The van der Waals surface area contributed by atoms with Gasteiger partial charge in [0.15, 0.2) is 0 Å². The van der Waals surface area contributed by atoms with Crippen LogP contribution in [0.15, 0.2) is 42.6 Å². The van der Waals surface area contributed by atoms with Gasteiger partial charge >= 0.3 is 0 Å². The molecule has 1 aromatic heterocycles. The smallest absolute Gasteiger partial charge is 0.253 e. The van der Waals surface area contributed by atoms with Gasteiger partial charge in [-0.25, -0.2) is 4.98 Å². The van der Waals surface area contributed by atoms with E-state index >= 15 is 0 Å². The molecule has 0 spiro atoms. The largest absolute Gasteiger partial charge is 0.349 e. The summed E-state index contributed by atoms with van der Waals surface area (Å²) in [6, 6.07) is 11.3. The van der Waals surface area contributed by atoms with E-state index < -0.39 is 0 Å². The van der Waals surface area contributed by atoms with Gasteiger partial charge in [-0.3, -0.25) is 9.59 Å². The lowest BCUT2D eigenvalue weighted by Crippen LogP contribution is -2.45. The molecule has 0 saturated heterocycles. The van der Waals surface area contributed by atoms with Gasteiger partial charge in [-0.05, 0) is 55.5 Å². The van der Waals surface area contributed by atoms with Gasteiger partial charge in [-0.15, -0.1) is 0 Å². The van der Waals surface area contributed by atoms with Gasteiger partial charge in [-0.1, -0.05) is 23.7 Å². The molecule has 2 amide bonds. The summed E-state index contributed by atoms with van der Waals surface area (Å²) >= 11 is 6.16. The minimum Gasteiger partial charge on any atom is -0.349 e.